The second kappa shape index (κ2) is 9.35. The Morgan fingerprint density at radius 1 is 1.14 bits per heavy atom. The first-order valence-corrected chi connectivity index (χ1v) is 12.4. The number of fused-ring (bicyclic) bond motifs is 1. The molecule has 0 saturated carbocycles. The third kappa shape index (κ3) is 3.99. The standard InChI is InChI=1S/C26H20BrCl2N3O4/c1-12-7-19(33)15(10-18(12)29)22-21-23(31-30-22)26(35)32(11-13-5-3-4-6-17(13)28)24(21)14-8-16(27)25(34)20(9-14)36-2/h3-10,24,33-34H,11H2,1-2H3,(H,30,31). The highest BCUT2D eigenvalue weighted by molar-refractivity contribution is 9.10. The number of hydrogen-bond donors (Lipinski definition) is 3. The molecule has 5 rings (SSSR count). The van der Waals surface area contributed by atoms with Crippen LogP contribution in [0.1, 0.15) is 38.8 Å². The van der Waals surface area contributed by atoms with Crippen molar-refractivity contribution in [2.75, 3.05) is 7.11 Å². The van der Waals surface area contributed by atoms with Crippen LogP contribution < -0.4 is 4.74 Å². The summed E-state index contributed by atoms with van der Waals surface area (Å²) in [7, 11) is 1.45. The maximum absolute atomic E-state index is 13.7. The molecule has 10 heteroatoms. The van der Waals surface area contributed by atoms with Gasteiger partial charge in [0.05, 0.1) is 17.6 Å². The van der Waals surface area contributed by atoms with Crippen LogP contribution in [0.4, 0.5) is 0 Å². The van der Waals surface area contributed by atoms with Crippen molar-refractivity contribution < 1.29 is 19.7 Å². The summed E-state index contributed by atoms with van der Waals surface area (Å²) in [6, 6.07) is 13.3. The van der Waals surface area contributed by atoms with Gasteiger partial charge in [0.15, 0.2) is 11.5 Å². The minimum Gasteiger partial charge on any atom is -0.507 e. The number of nitrogens with zero attached hydrogens (tertiary/aromatic N) is 2. The van der Waals surface area contributed by atoms with E-state index in [4.69, 9.17) is 27.9 Å². The number of rotatable bonds is 5. The van der Waals surface area contributed by atoms with Crippen LogP contribution in [0.2, 0.25) is 10.0 Å². The molecule has 2 heterocycles. The molecule has 1 aromatic heterocycles. The van der Waals surface area contributed by atoms with Gasteiger partial charge < -0.3 is 19.8 Å². The molecular formula is C26H20BrCl2N3O4. The van der Waals surface area contributed by atoms with Crippen LogP contribution in [-0.4, -0.2) is 38.3 Å². The summed E-state index contributed by atoms with van der Waals surface area (Å²) < 4.78 is 5.78. The van der Waals surface area contributed by atoms with E-state index in [0.29, 0.717) is 48.2 Å². The highest BCUT2D eigenvalue weighted by Gasteiger charge is 2.43. The first-order valence-electron chi connectivity index (χ1n) is 10.9. The molecule has 3 N–H and O–H groups in total. The Hall–Kier alpha value is -3.20. The highest BCUT2D eigenvalue weighted by atomic mass is 79.9. The summed E-state index contributed by atoms with van der Waals surface area (Å²) in [5, 5.41) is 29.4. The average Bonchev–Trinajstić information content (AvgIpc) is 3.38. The van der Waals surface area contributed by atoms with Crippen molar-refractivity contribution in [2.24, 2.45) is 0 Å². The molecular weight excluding hydrogens is 569 g/mol. The van der Waals surface area contributed by atoms with Gasteiger partial charge in [-0.1, -0.05) is 41.4 Å². The van der Waals surface area contributed by atoms with E-state index in [1.54, 1.807) is 42.2 Å². The number of ether oxygens (including phenoxy) is 1. The first kappa shape index (κ1) is 24.5. The molecule has 0 radical (unpaired) electrons. The molecule has 0 aliphatic carbocycles. The highest BCUT2D eigenvalue weighted by Crippen LogP contribution is 2.48. The van der Waals surface area contributed by atoms with Gasteiger partial charge in [0.2, 0.25) is 0 Å². The van der Waals surface area contributed by atoms with Gasteiger partial charge in [0, 0.05) is 27.7 Å². The van der Waals surface area contributed by atoms with Crippen LogP contribution in [0.5, 0.6) is 17.2 Å². The van der Waals surface area contributed by atoms with Gasteiger partial charge in [-0.15, -0.1) is 0 Å². The van der Waals surface area contributed by atoms with Crippen molar-refractivity contribution in [2.45, 2.75) is 19.5 Å². The van der Waals surface area contributed by atoms with Crippen molar-refractivity contribution in [3.8, 4) is 28.5 Å². The van der Waals surface area contributed by atoms with E-state index in [9.17, 15) is 15.0 Å². The molecule has 1 amide bonds. The lowest BCUT2D eigenvalue weighted by Gasteiger charge is -2.27. The number of aromatic nitrogens is 2. The molecule has 3 aromatic carbocycles. The zero-order chi connectivity index (χ0) is 25.7. The van der Waals surface area contributed by atoms with E-state index in [-0.39, 0.29) is 29.7 Å². The number of H-pyrrole nitrogens is 1. The number of benzene rings is 3. The van der Waals surface area contributed by atoms with Crippen LogP contribution in [0, 0.1) is 6.92 Å². The number of amides is 1. The SMILES string of the molecule is COc1cc(C2c3c(-c4cc(Cl)c(C)cc4O)n[nH]c3C(=O)N2Cc2ccccc2Cl)cc(Br)c1O. The van der Waals surface area contributed by atoms with E-state index < -0.39 is 6.04 Å². The van der Waals surface area contributed by atoms with Crippen LogP contribution in [0.3, 0.4) is 0 Å². The van der Waals surface area contributed by atoms with E-state index in [1.165, 1.54) is 7.11 Å². The maximum atomic E-state index is 13.7. The fourth-order valence-corrected chi connectivity index (χ4v) is 5.30. The predicted molar refractivity (Wildman–Crippen MR) is 141 cm³/mol. The molecule has 4 aromatic rings. The number of aromatic amines is 1. The first-order chi connectivity index (χ1) is 17.2. The second-order valence-corrected chi connectivity index (χ2v) is 10.1. The van der Waals surface area contributed by atoms with Gasteiger partial charge >= 0.3 is 0 Å². The molecule has 1 atom stereocenters. The summed E-state index contributed by atoms with van der Waals surface area (Å²) in [5.74, 6) is -0.107. The number of hydrogen-bond acceptors (Lipinski definition) is 5. The van der Waals surface area contributed by atoms with Gasteiger partial charge in [-0.2, -0.15) is 5.10 Å². The minimum absolute atomic E-state index is 0.00794. The number of nitrogens with one attached hydrogen (secondary N) is 1. The van der Waals surface area contributed by atoms with E-state index in [1.807, 2.05) is 18.2 Å². The number of phenols is 2. The molecule has 1 unspecified atom stereocenters. The fourth-order valence-electron chi connectivity index (χ4n) is 4.48. The molecule has 7 nitrogen and oxygen atoms in total. The zero-order valence-corrected chi connectivity index (χ0v) is 22.2. The molecule has 1 aliphatic rings. The largest absolute Gasteiger partial charge is 0.507 e. The van der Waals surface area contributed by atoms with E-state index in [2.05, 4.69) is 26.1 Å². The number of carbonyl (C=O) groups is 1. The van der Waals surface area contributed by atoms with Gasteiger partial charge in [0.1, 0.15) is 17.1 Å². The number of aryl methyl sites for hydroxylation is 1. The van der Waals surface area contributed by atoms with Crippen LogP contribution >= 0.6 is 39.1 Å². The molecule has 1 aliphatic heterocycles. The molecule has 0 saturated heterocycles. The van der Waals surface area contributed by atoms with Gasteiger partial charge in [0.25, 0.3) is 5.91 Å². The van der Waals surface area contributed by atoms with Crippen LogP contribution in [-0.2, 0) is 6.54 Å². The molecule has 0 spiro atoms. The maximum Gasteiger partial charge on any atom is 0.273 e. The monoisotopic (exact) mass is 587 g/mol. The third-order valence-corrected chi connectivity index (χ3v) is 7.66. The third-order valence-electron chi connectivity index (χ3n) is 6.28. The summed E-state index contributed by atoms with van der Waals surface area (Å²) >= 11 is 16.2. The van der Waals surface area contributed by atoms with E-state index in [0.717, 1.165) is 5.56 Å². The Balaban J connectivity index is 1.73. The second-order valence-electron chi connectivity index (χ2n) is 8.46. The normalized spacial score (nSPS) is 14.9. The Kier molecular flexibility index (Phi) is 6.36. The van der Waals surface area contributed by atoms with Crippen molar-refractivity contribution in [3.63, 3.8) is 0 Å². The zero-order valence-electron chi connectivity index (χ0n) is 19.1. The molecule has 0 bridgehead atoms. The number of methoxy groups -OCH3 is 1. The lowest BCUT2D eigenvalue weighted by atomic mass is 9.94. The smallest absolute Gasteiger partial charge is 0.273 e. The summed E-state index contributed by atoms with van der Waals surface area (Å²) in [4.78, 5) is 15.3. The Morgan fingerprint density at radius 2 is 1.89 bits per heavy atom. The van der Waals surface area contributed by atoms with Crippen molar-refractivity contribution in [1.29, 1.82) is 0 Å². The van der Waals surface area contributed by atoms with Gasteiger partial charge in [-0.3, -0.25) is 9.89 Å². The van der Waals surface area contributed by atoms with Crippen LogP contribution in [0.15, 0.2) is 53.0 Å². The summed E-state index contributed by atoms with van der Waals surface area (Å²) in [6.45, 7) is 2.01. The number of aromatic hydroxyl groups is 2. The quantitative estimate of drug-likeness (QED) is 0.243. The summed E-state index contributed by atoms with van der Waals surface area (Å²) in [6.07, 6.45) is 0. The van der Waals surface area contributed by atoms with E-state index >= 15 is 0 Å². The molecule has 184 valence electrons. The Labute approximate surface area is 225 Å². The van der Waals surface area contributed by atoms with Crippen LogP contribution in [0.25, 0.3) is 11.3 Å². The Morgan fingerprint density at radius 3 is 2.61 bits per heavy atom. The molecule has 0 fully saturated rings. The average molecular weight is 589 g/mol. The topological polar surface area (TPSA) is 98.7 Å². The van der Waals surface area contributed by atoms with Crippen molar-refractivity contribution in [3.05, 3.63) is 91.0 Å². The minimum atomic E-state index is -0.636. The molecule has 36 heavy (non-hydrogen) atoms. The van der Waals surface area contributed by atoms with Gasteiger partial charge in [-0.05, 0) is 69.9 Å². The lowest BCUT2D eigenvalue weighted by Crippen LogP contribution is -2.29. The number of carbonyl (C=O) groups excluding carboxylic acids is 1. The van der Waals surface area contributed by atoms with Crippen molar-refractivity contribution >= 4 is 45.0 Å². The summed E-state index contributed by atoms with van der Waals surface area (Å²) in [5.41, 5.74) is 3.80. The Bertz CT molecular complexity index is 1520. The predicted octanol–water partition coefficient (Wildman–Crippen LogP) is 6.62. The van der Waals surface area contributed by atoms with Gasteiger partial charge in [-0.25, -0.2) is 0 Å². The fraction of sp³-hybridized carbons (Fsp3) is 0.154. The number of phenolic OH excluding ortho intramolecular Hbond substituents is 2. The number of halogens is 3. The lowest BCUT2D eigenvalue weighted by molar-refractivity contribution is 0.0730. The van der Waals surface area contributed by atoms with Crippen molar-refractivity contribution in [1.82, 2.24) is 15.1 Å².